The smallest absolute Gasteiger partial charge is 0.246 e. The normalized spacial score (nSPS) is 13.9. The largest absolute Gasteiger partial charge is 0.497 e. The highest BCUT2D eigenvalue weighted by Gasteiger charge is 2.20. The van der Waals surface area contributed by atoms with Crippen LogP contribution in [-0.2, 0) is 4.79 Å². The molecule has 2 aromatic carbocycles. The molecule has 0 unspecified atom stereocenters. The molecule has 1 aromatic heterocycles. The van der Waals surface area contributed by atoms with E-state index >= 15 is 0 Å². The monoisotopic (exact) mass is 433 g/mol. The summed E-state index contributed by atoms with van der Waals surface area (Å²) in [7, 11) is 1.65. The lowest BCUT2D eigenvalue weighted by Gasteiger charge is -2.35. The van der Waals surface area contributed by atoms with E-state index in [-0.39, 0.29) is 11.7 Å². The first kappa shape index (κ1) is 21.4. The van der Waals surface area contributed by atoms with Gasteiger partial charge in [0.15, 0.2) is 11.6 Å². The molecule has 0 radical (unpaired) electrons. The second-order valence-electron chi connectivity index (χ2n) is 7.33. The van der Waals surface area contributed by atoms with Crippen LogP contribution in [0.15, 0.2) is 73.1 Å². The number of amides is 1. The molecule has 1 aliphatic heterocycles. The topological polar surface area (TPSA) is 54.9 Å². The van der Waals surface area contributed by atoms with E-state index in [1.165, 1.54) is 18.3 Å². The van der Waals surface area contributed by atoms with Crippen LogP contribution in [0, 0.1) is 5.82 Å². The number of anilines is 1. The molecule has 2 heterocycles. The summed E-state index contributed by atoms with van der Waals surface area (Å²) in [4.78, 5) is 20.5. The van der Waals surface area contributed by atoms with Gasteiger partial charge in [-0.05, 0) is 48.0 Å². The number of nitrogens with zero attached hydrogens (tertiary/aromatic N) is 3. The van der Waals surface area contributed by atoms with Crippen molar-refractivity contribution in [2.45, 2.75) is 0 Å². The summed E-state index contributed by atoms with van der Waals surface area (Å²) >= 11 is 0. The maximum Gasteiger partial charge on any atom is 0.246 e. The summed E-state index contributed by atoms with van der Waals surface area (Å²) in [5.41, 5.74) is 1.67. The van der Waals surface area contributed by atoms with Gasteiger partial charge in [-0.3, -0.25) is 9.78 Å². The molecule has 0 spiro atoms. The van der Waals surface area contributed by atoms with Crippen LogP contribution in [0.5, 0.6) is 17.2 Å². The quantitative estimate of drug-likeness (QED) is 0.540. The molecule has 0 aliphatic carbocycles. The third kappa shape index (κ3) is 5.24. The predicted molar refractivity (Wildman–Crippen MR) is 122 cm³/mol. The van der Waals surface area contributed by atoms with Crippen LogP contribution in [0.3, 0.4) is 0 Å². The Balaban J connectivity index is 1.33. The van der Waals surface area contributed by atoms with E-state index < -0.39 is 5.82 Å². The van der Waals surface area contributed by atoms with Gasteiger partial charge in [0.25, 0.3) is 0 Å². The van der Waals surface area contributed by atoms with Gasteiger partial charge in [0, 0.05) is 50.2 Å². The fourth-order valence-electron chi connectivity index (χ4n) is 3.50. The number of methoxy groups -OCH3 is 1. The molecule has 1 amide bonds. The van der Waals surface area contributed by atoms with Crippen molar-refractivity contribution in [2.24, 2.45) is 0 Å². The molecular weight excluding hydrogens is 409 g/mol. The Kier molecular flexibility index (Phi) is 6.65. The lowest BCUT2D eigenvalue weighted by molar-refractivity contribution is -0.126. The number of rotatable bonds is 6. The number of hydrogen-bond acceptors (Lipinski definition) is 5. The molecule has 3 aromatic rings. The van der Waals surface area contributed by atoms with Crippen LogP contribution in [0.4, 0.5) is 10.1 Å². The van der Waals surface area contributed by atoms with E-state index in [0.29, 0.717) is 24.4 Å². The zero-order valence-electron chi connectivity index (χ0n) is 17.8. The number of aromatic nitrogens is 1. The average molecular weight is 433 g/mol. The number of hydrogen-bond donors (Lipinski definition) is 0. The molecule has 32 heavy (non-hydrogen) atoms. The Morgan fingerprint density at radius 2 is 1.84 bits per heavy atom. The number of piperazine rings is 1. The molecule has 0 bridgehead atoms. The van der Waals surface area contributed by atoms with Gasteiger partial charge in [0.2, 0.25) is 5.91 Å². The number of ether oxygens (including phenoxy) is 2. The van der Waals surface area contributed by atoms with Gasteiger partial charge >= 0.3 is 0 Å². The van der Waals surface area contributed by atoms with Crippen LogP contribution >= 0.6 is 0 Å². The van der Waals surface area contributed by atoms with Gasteiger partial charge in [-0.2, -0.15) is 0 Å². The molecule has 6 nitrogen and oxygen atoms in total. The standard InChI is InChI=1S/C25H24FN3O3/c1-31-21-5-2-4-20(17-21)28-12-14-29(15-13-28)25(30)10-8-19-7-9-24(23(26)16-19)32-22-6-3-11-27-18-22/h2-11,16-18H,12-15H2,1H3/b10-8+. The highest BCUT2D eigenvalue weighted by Crippen LogP contribution is 2.25. The van der Waals surface area contributed by atoms with Crippen molar-refractivity contribution in [3.63, 3.8) is 0 Å². The van der Waals surface area contributed by atoms with Crippen LogP contribution in [0.1, 0.15) is 5.56 Å². The summed E-state index contributed by atoms with van der Waals surface area (Å²) in [6, 6.07) is 15.9. The van der Waals surface area contributed by atoms with Crippen LogP contribution < -0.4 is 14.4 Å². The van der Waals surface area contributed by atoms with Crippen molar-refractivity contribution in [2.75, 3.05) is 38.2 Å². The zero-order chi connectivity index (χ0) is 22.3. The zero-order valence-corrected chi connectivity index (χ0v) is 17.8. The number of carbonyl (C=O) groups excluding carboxylic acids is 1. The average Bonchev–Trinajstić information content (AvgIpc) is 2.85. The molecule has 0 atom stereocenters. The van der Waals surface area contributed by atoms with Gasteiger partial charge in [-0.1, -0.05) is 12.1 Å². The first-order valence-electron chi connectivity index (χ1n) is 10.4. The Bertz CT molecular complexity index is 1100. The van der Waals surface area contributed by atoms with E-state index in [2.05, 4.69) is 9.88 Å². The van der Waals surface area contributed by atoms with E-state index in [1.807, 2.05) is 24.3 Å². The minimum Gasteiger partial charge on any atom is -0.497 e. The maximum atomic E-state index is 14.4. The SMILES string of the molecule is COc1cccc(N2CCN(C(=O)/C=C/c3ccc(Oc4cccnc4)c(F)c3)CC2)c1. The van der Waals surface area contributed by atoms with Crippen molar-refractivity contribution in [3.05, 3.63) is 84.4 Å². The lowest BCUT2D eigenvalue weighted by Crippen LogP contribution is -2.48. The minimum atomic E-state index is -0.504. The van der Waals surface area contributed by atoms with Crippen molar-refractivity contribution in [1.82, 2.24) is 9.88 Å². The molecule has 0 N–H and O–H groups in total. The Morgan fingerprint density at radius 1 is 1.03 bits per heavy atom. The Hall–Kier alpha value is -3.87. The summed E-state index contributed by atoms with van der Waals surface area (Å²) in [5.74, 6) is 0.780. The third-order valence-electron chi connectivity index (χ3n) is 5.25. The molecular formula is C25H24FN3O3. The molecule has 1 fully saturated rings. The molecule has 1 saturated heterocycles. The van der Waals surface area contributed by atoms with E-state index in [0.717, 1.165) is 24.5 Å². The van der Waals surface area contributed by atoms with Crippen LogP contribution in [0.2, 0.25) is 0 Å². The van der Waals surface area contributed by atoms with Gasteiger partial charge in [0.1, 0.15) is 11.5 Å². The highest BCUT2D eigenvalue weighted by atomic mass is 19.1. The summed E-state index contributed by atoms with van der Waals surface area (Å²) in [6.45, 7) is 2.71. The molecule has 4 rings (SSSR count). The minimum absolute atomic E-state index is 0.0913. The number of pyridine rings is 1. The second kappa shape index (κ2) is 9.96. The van der Waals surface area contributed by atoms with Crippen molar-refractivity contribution >= 4 is 17.7 Å². The Morgan fingerprint density at radius 3 is 2.56 bits per heavy atom. The lowest BCUT2D eigenvalue weighted by atomic mass is 10.2. The number of halogens is 1. The highest BCUT2D eigenvalue weighted by molar-refractivity contribution is 5.92. The number of carbonyl (C=O) groups is 1. The van der Waals surface area contributed by atoms with Crippen LogP contribution in [-0.4, -0.2) is 49.1 Å². The van der Waals surface area contributed by atoms with E-state index in [9.17, 15) is 9.18 Å². The fourth-order valence-corrected chi connectivity index (χ4v) is 3.50. The van der Waals surface area contributed by atoms with Gasteiger partial charge < -0.3 is 19.3 Å². The molecule has 7 heteroatoms. The first-order chi connectivity index (χ1) is 15.6. The van der Waals surface area contributed by atoms with Crippen molar-refractivity contribution in [3.8, 4) is 17.2 Å². The second-order valence-corrected chi connectivity index (χ2v) is 7.33. The van der Waals surface area contributed by atoms with E-state index in [1.54, 1.807) is 48.5 Å². The van der Waals surface area contributed by atoms with Crippen LogP contribution in [0.25, 0.3) is 6.08 Å². The van der Waals surface area contributed by atoms with Gasteiger partial charge in [-0.15, -0.1) is 0 Å². The summed E-state index contributed by atoms with van der Waals surface area (Å²) < 4.78 is 25.2. The predicted octanol–water partition coefficient (Wildman–Crippen LogP) is 4.38. The molecule has 0 saturated carbocycles. The van der Waals surface area contributed by atoms with E-state index in [4.69, 9.17) is 9.47 Å². The fraction of sp³-hybridized carbons (Fsp3) is 0.200. The van der Waals surface area contributed by atoms with Gasteiger partial charge in [-0.25, -0.2) is 4.39 Å². The number of benzene rings is 2. The van der Waals surface area contributed by atoms with Crippen molar-refractivity contribution < 1.29 is 18.7 Å². The molecule has 164 valence electrons. The summed E-state index contributed by atoms with van der Waals surface area (Å²) in [5, 5.41) is 0. The summed E-state index contributed by atoms with van der Waals surface area (Å²) in [6.07, 6.45) is 6.23. The molecule has 1 aliphatic rings. The Labute approximate surface area is 186 Å². The van der Waals surface area contributed by atoms with Gasteiger partial charge in [0.05, 0.1) is 13.3 Å². The third-order valence-corrected chi connectivity index (χ3v) is 5.25. The van der Waals surface area contributed by atoms with Crippen molar-refractivity contribution in [1.29, 1.82) is 0 Å². The maximum absolute atomic E-state index is 14.4. The first-order valence-corrected chi connectivity index (χ1v) is 10.4.